The Morgan fingerprint density at radius 1 is 0.397 bits per heavy atom. The molecule has 28 rings (SSSR count). The molecule has 3 aliphatic rings. The summed E-state index contributed by atoms with van der Waals surface area (Å²) in [6.07, 6.45) is 18.1. The van der Waals surface area contributed by atoms with Gasteiger partial charge < -0.3 is 47.1 Å². The molecule has 0 unspecified atom stereocenters. The Kier molecular flexibility index (Phi) is 28.3. The summed E-state index contributed by atoms with van der Waals surface area (Å²) in [7, 11) is 8.15. The van der Waals surface area contributed by atoms with E-state index >= 15 is 0 Å². The van der Waals surface area contributed by atoms with Crippen LogP contribution >= 0.6 is 11.3 Å². The average Bonchev–Trinajstić information content (AvgIpc) is 1.51. The molecule has 1 saturated carbocycles. The van der Waals surface area contributed by atoms with E-state index in [-0.39, 0.29) is 65.7 Å². The number of furan rings is 2. The van der Waals surface area contributed by atoms with E-state index in [2.05, 4.69) is 430 Å². The number of imidazole rings is 3. The molecule has 725 valence electrons. The van der Waals surface area contributed by atoms with Crippen molar-refractivity contribution < 1.29 is 69.2 Å². The molecule has 7 aromatic heterocycles. The summed E-state index contributed by atoms with van der Waals surface area (Å²) in [6, 6.07) is 128. The van der Waals surface area contributed by atoms with Crippen molar-refractivity contribution in [3.05, 3.63) is 413 Å². The van der Waals surface area contributed by atoms with Crippen LogP contribution in [0.15, 0.2) is 349 Å². The van der Waals surface area contributed by atoms with E-state index in [1.165, 1.54) is 162 Å². The predicted octanol–water partition coefficient (Wildman–Crippen LogP) is 33.8. The topological polar surface area (TPSA) is 106 Å². The van der Waals surface area contributed by atoms with Gasteiger partial charge in [-0.25, -0.2) is 0 Å². The number of para-hydroxylation sites is 4. The summed E-state index contributed by atoms with van der Waals surface area (Å²) >= 11 is 1.84. The first-order chi connectivity index (χ1) is 69.7. The molecule has 0 bridgehead atoms. The van der Waals surface area contributed by atoms with Gasteiger partial charge in [0.05, 0.1) is 28.6 Å². The summed E-state index contributed by atoms with van der Waals surface area (Å²) in [5, 5.41) is 24.6. The molecular formula is C129H107Ir3N11O2S-2. The Hall–Kier alpha value is -14.2. The number of pyridine rings is 1. The second-order valence-corrected chi connectivity index (χ2v) is 40.6. The molecule has 0 amide bonds. The smallest absolute Gasteiger partial charge is 0.504 e. The second-order valence-electron chi connectivity index (χ2n) is 39.5. The predicted molar refractivity (Wildman–Crippen MR) is 598 cm³/mol. The van der Waals surface area contributed by atoms with Crippen LogP contribution in [-0.4, -0.2) is 46.7 Å². The molecule has 1 radical (unpaired) electrons. The van der Waals surface area contributed by atoms with Crippen LogP contribution in [0.5, 0.6) is 0 Å². The van der Waals surface area contributed by atoms with Crippen LogP contribution in [0.2, 0.25) is 0 Å². The van der Waals surface area contributed by atoms with Crippen LogP contribution < -0.4 is 19.6 Å². The molecule has 146 heavy (non-hydrogen) atoms. The first kappa shape index (κ1) is 99.1. The molecule has 25 aromatic rings. The maximum atomic E-state index is 6.41. The van der Waals surface area contributed by atoms with E-state index in [0.717, 1.165) is 118 Å². The maximum absolute atomic E-state index is 6.41. The molecule has 2 aliphatic heterocycles. The number of fused-ring (bicyclic) bond motifs is 19. The van der Waals surface area contributed by atoms with Gasteiger partial charge in [-0.3, -0.25) is 15.0 Å². The van der Waals surface area contributed by atoms with E-state index in [4.69, 9.17) is 8.83 Å². The summed E-state index contributed by atoms with van der Waals surface area (Å²) < 4.78 is 21.4. The van der Waals surface area contributed by atoms with E-state index in [0.29, 0.717) is 12.0 Å². The van der Waals surface area contributed by atoms with Crippen LogP contribution in [0.3, 0.4) is 0 Å². The zero-order chi connectivity index (χ0) is 97.4. The van der Waals surface area contributed by atoms with Crippen molar-refractivity contribution >= 4 is 185 Å². The molecule has 1 aliphatic carbocycles. The molecule has 0 atom stereocenters. The second kappa shape index (κ2) is 41.7. The van der Waals surface area contributed by atoms with Gasteiger partial charge in [-0.05, 0) is 181 Å². The summed E-state index contributed by atoms with van der Waals surface area (Å²) in [4.78, 5) is 26.8. The molecular weight excluding hydrogens is 2340 g/mol. The van der Waals surface area contributed by atoms with Gasteiger partial charge >= 0.3 is 40.2 Å². The summed E-state index contributed by atoms with van der Waals surface area (Å²) in [6.45, 7) is 21.9. The minimum absolute atomic E-state index is 0. The molecule has 18 aromatic carbocycles. The molecule has 9 heterocycles. The monoisotopic (exact) mass is 2450 g/mol. The molecule has 0 saturated heterocycles. The van der Waals surface area contributed by atoms with Crippen molar-refractivity contribution in [1.82, 2.24) is 33.6 Å². The third-order valence-electron chi connectivity index (χ3n) is 28.6. The van der Waals surface area contributed by atoms with Crippen LogP contribution in [0, 0.1) is 56.7 Å². The normalized spacial score (nSPS) is 13.0. The number of hydrogen-bond donors (Lipinski definition) is 0. The average molecular weight is 2450 g/mol. The van der Waals surface area contributed by atoms with Crippen LogP contribution in [-0.2, 0) is 86.9 Å². The van der Waals surface area contributed by atoms with Gasteiger partial charge in [-0.15, -0.1) is 130 Å². The van der Waals surface area contributed by atoms with E-state index < -0.39 is 0 Å². The van der Waals surface area contributed by atoms with Gasteiger partial charge in [0.1, 0.15) is 11.2 Å². The molecule has 1 fully saturated rings. The largest absolute Gasteiger partial charge is 3.00 e. The van der Waals surface area contributed by atoms with Crippen molar-refractivity contribution in [2.24, 2.45) is 21.1 Å². The SMILES string of the molecule is CC(C)(C)c1c[c-]c(-c2ccccn2)cc1.CC(C)c1cc[c-]c(N2[CH-]N(C(C)C)c3ccccc32)c1.CN1[CH-]N(c2[c-]cc(C3CCCCC3)cc2)c2ccccc21.Cc1cnc(-c2[c-]cc3sc4ccc5cc6ccccc6cc5c4c3c2)n1C.Cn1ccnc1-c1[c-]cc2oc3c4cc5ccccc5cc4ccc3c2c1.Cn1ccnc1-c1[c-]cc2oc3c4cccc5ccc6cccc(c3c2c1)c6c54.[Ir+3].[Ir+3].[Ir]. The van der Waals surface area contributed by atoms with Crippen molar-refractivity contribution in [3.63, 3.8) is 0 Å². The van der Waals surface area contributed by atoms with Crippen molar-refractivity contribution in [2.75, 3.05) is 26.6 Å². The molecule has 13 nitrogen and oxygen atoms in total. The standard InChI is InChI=1S/C26H15N2O.C25H17N2S.C24H15N2O.C20H22N2.C19H22N2.C15H16N.3Ir/c1-28-13-12-27-26(28)17-10-11-21-20(14-17)24-18-6-2-4-15-8-9-16-5-3-7-19(25(24)29-21)23(16)22(15)18;1-15-14-26-25(27(15)2)19-8-9-22-21(13-19)24-20-12-17-6-4-3-5-16(17)11-18(20)7-10-23(24)28-22;1-26-11-10-25-24(26)18-7-9-22-21(14-18)19-8-6-17-12-15-4-2-3-5-16(15)13-20(17)23(19)27-22;1-21-15-22(20-10-6-5-9-19(20)21)18-13-11-17(12-14-18)16-7-3-2-4-8-16;1-14(2)16-8-7-9-17(12-16)21-13-20(15(3)4)18-10-5-6-11-19(18)21;1-15(2,3)13-9-7-12(8-10-13)14-6-4-5-11-16-14;;;/h2-9,11-14H,1H3;3-7,9-14H,1-2H3;2-6,8-14H,1H3;5-6,9-13,15-16H,2-4,7-8H2,1H3;5-8,10-15H,1-4H3;4-7,9-11H,1-3H3;;;/q3*-1;2*-2;-1;;2*+3. The van der Waals surface area contributed by atoms with Crippen LogP contribution in [0.25, 0.3) is 185 Å². The molecule has 17 heteroatoms. The number of benzene rings is 18. The quantitative estimate of drug-likeness (QED) is 0.0788. The minimum Gasteiger partial charge on any atom is -0.504 e. The summed E-state index contributed by atoms with van der Waals surface area (Å²) in [5.41, 5.74) is 21.2. The number of anilines is 6. The fourth-order valence-electron chi connectivity index (χ4n) is 20.9. The Morgan fingerprint density at radius 2 is 0.966 bits per heavy atom. The number of hydrogen-bond acceptors (Lipinski definition) is 11. The number of thiophene rings is 1. The Balaban J connectivity index is 0.000000107. The van der Waals surface area contributed by atoms with Gasteiger partial charge in [0.25, 0.3) is 0 Å². The fourth-order valence-corrected chi connectivity index (χ4v) is 21.9. The number of nitrogens with zero attached hydrogens (tertiary/aromatic N) is 11. The zero-order valence-corrected chi connectivity index (χ0v) is 91.4. The number of aromatic nitrogens is 7. The van der Waals surface area contributed by atoms with E-state index in [1.807, 2.05) is 95.8 Å². The Labute approximate surface area is 896 Å². The fraction of sp³-hybridized carbons (Fsp3) is 0.163. The van der Waals surface area contributed by atoms with Crippen LogP contribution in [0.1, 0.15) is 115 Å². The van der Waals surface area contributed by atoms with Crippen molar-refractivity contribution in [2.45, 2.75) is 111 Å². The zero-order valence-electron chi connectivity index (χ0n) is 83.4. The van der Waals surface area contributed by atoms with Crippen LogP contribution in [0.4, 0.5) is 34.1 Å². The van der Waals surface area contributed by atoms with Gasteiger partial charge in [0, 0.05) is 139 Å². The van der Waals surface area contributed by atoms with Gasteiger partial charge in [-0.1, -0.05) is 240 Å². The molecule has 0 spiro atoms. The number of aryl methyl sites for hydroxylation is 3. The Morgan fingerprint density at radius 3 is 1.59 bits per heavy atom. The van der Waals surface area contributed by atoms with Crippen molar-refractivity contribution in [3.8, 4) is 45.4 Å². The maximum Gasteiger partial charge on any atom is 3.00 e. The van der Waals surface area contributed by atoms with Gasteiger partial charge in [-0.2, -0.15) is 72.2 Å². The van der Waals surface area contributed by atoms with Gasteiger partial charge in [0.15, 0.2) is 0 Å². The third kappa shape index (κ3) is 19.0. The van der Waals surface area contributed by atoms with E-state index in [9.17, 15) is 0 Å². The molecule has 0 N–H and O–H groups in total. The minimum atomic E-state index is 0. The first-order valence-corrected chi connectivity index (χ1v) is 50.3. The first-order valence-electron chi connectivity index (χ1n) is 49.4. The third-order valence-corrected chi connectivity index (χ3v) is 29.8. The Bertz CT molecular complexity index is 9080. The summed E-state index contributed by atoms with van der Waals surface area (Å²) in [5.74, 6) is 4.04. The van der Waals surface area contributed by atoms with Gasteiger partial charge in [0.2, 0.25) is 0 Å². The number of rotatable bonds is 9. The van der Waals surface area contributed by atoms with Crippen molar-refractivity contribution in [1.29, 1.82) is 0 Å². The van der Waals surface area contributed by atoms with E-state index in [1.54, 1.807) is 12.4 Å².